The molecule has 3 nitrogen and oxygen atoms in total. The lowest BCUT2D eigenvalue weighted by atomic mass is 9.69. The fourth-order valence-electron chi connectivity index (χ4n) is 2.08. The Bertz CT molecular complexity index is 473. The molecule has 90 valence electrons. The second-order valence-corrected chi connectivity index (χ2v) is 6.02. The molecule has 2 rings (SSSR count). The Morgan fingerprint density at radius 1 is 1.29 bits per heavy atom. The largest absolute Gasteiger partial charge is 0.236 e. The predicted octanol–water partition coefficient (Wildman–Crippen LogP) is 3.03. The van der Waals surface area contributed by atoms with Gasteiger partial charge < -0.3 is 0 Å². The summed E-state index contributed by atoms with van der Waals surface area (Å²) in [5.74, 6) is 0.733. The van der Waals surface area contributed by atoms with E-state index in [0.29, 0.717) is 0 Å². The summed E-state index contributed by atoms with van der Waals surface area (Å²) in [5.41, 5.74) is 1.58. The Balaban J connectivity index is 2.50. The van der Waals surface area contributed by atoms with E-state index in [2.05, 4.69) is 36.8 Å². The molecule has 1 saturated carbocycles. The molecule has 0 amide bonds. The van der Waals surface area contributed by atoms with E-state index in [-0.39, 0.29) is 5.41 Å². The third-order valence-electron chi connectivity index (χ3n) is 3.47. The SMILES string of the molecule is Cc1cc(C(C)(C)C)nc(C2(C#N)CCC2)n1. The Morgan fingerprint density at radius 3 is 2.35 bits per heavy atom. The zero-order valence-electron chi connectivity index (χ0n) is 11.0. The van der Waals surface area contributed by atoms with E-state index < -0.39 is 5.41 Å². The van der Waals surface area contributed by atoms with Gasteiger partial charge in [0.25, 0.3) is 0 Å². The van der Waals surface area contributed by atoms with Gasteiger partial charge in [0.15, 0.2) is 0 Å². The normalized spacial score (nSPS) is 18.3. The molecule has 0 bridgehead atoms. The number of hydrogen-bond acceptors (Lipinski definition) is 3. The minimum absolute atomic E-state index is 0.00282. The third kappa shape index (κ3) is 2.04. The number of nitriles is 1. The van der Waals surface area contributed by atoms with Crippen molar-refractivity contribution in [2.45, 2.75) is 57.8 Å². The first-order valence-electron chi connectivity index (χ1n) is 6.15. The highest BCUT2D eigenvalue weighted by atomic mass is 14.9. The van der Waals surface area contributed by atoms with Crippen LogP contribution in [0.3, 0.4) is 0 Å². The van der Waals surface area contributed by atoms with Crippen LogP contribution in [0.1, 0.15) is 57.2 Å². The molecule has 17 heavy (non-hydrogen) atoms. The summed E-state index contributed by atoms with van der Waals surface area (Å²) in [5, 5.41) is 9.34. The zero-order chi connectivity index (χ0) is 12.7. The molecule has 0 saturated heterocycles. The van der Waals surface area contributed by atoms with Gasteiger partial charge in [-0.25, -0.2) is 9.97 Å². The van der Waals surface area contributed by atoms with Gasteiger partial charge in [-0.1, -0.05) is 20.8 Å². The first-order valence-corrected chi connectivity index (χ1v) is 6.15. The number of rotatable bonds is 1. The van der Waals surface area contributed by atoms with E-state index in [1.165, 1.54) is 0 Å². The van der Waals surface area contributed by atoms with Crippen molar-refractivity contribution in [3.8, 4) is 6.07 Å². The van der Waals surface area contributed by atoms with Crippen LogP contribution in [0.4, 0.5) is 0 Å². The Morgan fingerprint density at radius 2 is 1.94 bits per heavy atom. The van der Waals surface area contributed by atoms with Crippen molar-refractivity contribution in [1.82, 2.24) is 9.97 Å². The number of aromatic nitrogens is 2. The fraction of sp³-hybridized carbons (Fsp3) is 0.643. The molecule has 0 atom stereocenters. The van der Waals surface area contributed by atoms with Gasteiger partial charge in [0.1, 0.15) is 11.2 Å². The lowest BCUT2D eigenvalue weighted by Gasteiger charge is -2.34. The minimum Gasteiger partial charge on any atom is -0.236 e. The topological polar surface area (TPSA) is 49.6 Å². The van der Waals surface area contributed by atoms with Crippen LogP contribution in [0.25, 0.3) is 0 Å². The summed E-state index contributed by atoms with van der Waals surface area (Å²) >= 11 is 0. The van der Waals surface area contributed by atoms with E-state index in [4.69, 9.17) is 0 Å². The van der Waals surface area contributed by atoms with Crippen molar-refractivity contribution >= 4 is 0 Å². The summed E-state index contributed by atoms with van der Waals surface area (Å²) < 4.78 is 0. The summed E-state index contributed by atoms with van der Waals surface area (Å²) in [6.07, 6.45) is 2.91. The van der Waals surface area contributed by atoms with Crippen molar-refractivity contribution in [3.05, 3.63) is 23.3 Å². The van der Waals surface area contributed by atoms with Crippen molar-refractivity contribution in [1.29, 1.82) is 5.26 Å². The van der Waals surface area contributed by atoms with Crippen LogP contribution in [0.15, 0.2) is 6.07 Å². The number of hydrogen-bond donors (Lipinski definition) is 0. The van der Waals surface area contributed by atoms with Crippen LogP contribution in [0, 0.1) is 18.3 Å². The summed E-state index contributed by atoms with van der Waals surface area (Å²) in [6.45, 7) is 8.39. The van der Waals surface area contributed by atoms with Crippen LogP contribution >= 0.6 is 0 Å². The van der Waals surface area contributed by atoms with Gasteiger partial charge in [0.2, 0.25) is 0 Å². The zero-order valence-corrected chi connectivity index (χ0v) is 11.0. The van der Waals surface area contributed by atoms with E-state index in [1.54, 1.807) is 0 Å². The number of aryl methyl sites for hydroxylation is 1. The summed E-state index contributed by atoms with van der Waals surface area (Å²) in [7, 11) is 0. The molecule has 1 aromatic rings. The van der Waals surface area contributed by atoms with Crippen molar-refractivity contribution in [2.75, 3.05) is 0 Å². The second kappa shape index (κ2) is 3.80. The van der Waals surface area contributed by atoms with Gasteiger partial charge in [-0.3, -0.25) is 0 Å². The third-order valence-corrected chi connectivity index (χ3v) is 3.47. The van der Waals surface area contributed by atoms with Crippen LogP contribution in [-0.4, -0.2) is 9.97 Å². The van der Waals surface area contributed by atoms with Crippen LogP contribution in [0.2, 0.25) is 0 Å². The number of nitrogens with zero attached hydrogens (tertiary/aromatic N) is 3. The second-order valence-electron chi connectivity index (χ2n) is 6.02. The molecule has 0 spiro atoms. The average Bonchev–Trinajstić information content (AvgIpc) is 2.14. The minimum atomic E-state index is -0.411. The van der Waals surface area contributed by atoms with Crippen molar-refractivity contribution in [2.24, 2.45) is 0 Å². The maximum Gasteiger partial charge on any atom is 0.149 e. The molecule has 1 aliphatic carbocycles. The maximum atomic E-state index is 9.34. The standard InChI is InChI=1S/C14H19N3/c1-10-8-11(13(2,3)4)17-12(16-10)14(9-15)6-5-7-14/h8H,5-7H2,1-4H3. The van der Waals surface area contributed by atoms with Crippen molar-refractivity contribution < 1.29 is 0 Å². The molecule has 1 aromatic heterocycles. The Hall–Kier alpha value is -1.43. The molecular formula is C14H19N3. The summed E-state index contributed by atoms with van der Waals surface area (Å²) in [4.78, 5) is 9.12. The Kier molecular flexibility index (Phi) is 2.69. The molecule has 0 aromatic carbocycles. The van der Waals surface area contributed by atoms with E-state index in [9.17, 15) is 5.26 Å². The van der Waals surface area contributed by atoms with Gasteiger partial charge in [-0.15, -0.1) is 0 Å². The molecule has 0 radical (unpaired) electrons. The van der Waals surface area contributed by atoms with Crippen LogP contribution in [0.5, 0.6) is 0 Å². The van der Waals surface area contributed by atoms with Crippen molar-refractivity contribution in [3.63, 3.8) is 0 Å². The first kappa shape index (κ1) is 12.0. The lowest BCUT2D eigenvalue weighted by molar-refractivity contribution is 0.304. The molecule has 1 aliphatic rings. The smallest absolute Gasteiger partial charge is 0.149 e. The van der Waals surface area contributed by atoms with Crippen LogP contribution in [-0.2, 0) is 10.8 Å². The molecule has 0 aliphatic heterocycles. The molecule has 0 N–H and O–H groups in total. The molecule has 0 unspecified atom stereocenters. The highest BCUT2D eigenvalue weighted by Gasteiger charge is 2.42. The Labute approximate surface area is 103 Å². The molecule has 1 fully saturated rings. The lowest BCUT2D eigenvalue weighted by Crippen LogP contribution is -2.35. The van der Waals surface area contributed by atoms with Gasteiger partial charge in [0, 0.05) is 16.8 Å². The van der Waals surface area contributed by atoms with Gasteiger partial charge in [-0.05, 0) is 32.3 Å². The van der Waals surface area contributed by atoms with E-state index >= 15 is 0 Å². The van der Waals surface area contributed by atoms with Gasteiger partial charge >= 0.3 is 0 Å². The monoisotopic (exact) mass is 229 g/mol. The fourth-order valence-corrected chi connectivity index (χ4v) is 2.08. The average molecular weight is 229 g/mol. The van der Waals surface area contributed by atoms with E-state index in [1.807, 2.05) is 13.0 Å². The highest BCUT2D eigenvalue weighted by Crippen LogP contribution is 2.41. The molecule has 1 heterocycles. The maximum absolute atomic E-state index is 9.34. The van der Waals surface area contributed by atoms with Gasteiger partial charge in [-0.2, -0.15) is 5.26 Å². The first-order chi connectivity index (χ1) is 7.87. The quantitative estimate of drug-likeness (QED) is 0.743. The summed E-state index contributed by atoms with van der Waals surface area (Å²) in [6, 6.07) is 4.43. The van der Waals surface area contributed by atoms with Crippen LogP contribution < -0.4 is 0 Å². The highest BCUT2D eigenvalue weighted by molar-refractivity contribution is 5.28. The molecular weight excluding hydrogens is 210 g/mol. The van der Waals surface area contributed by atoms with E-state index in [0.717, 1.165) is 36.5 Å². The molecule has 3 heteroatoms. The van der Waals surface area contributed by atoms with Gasteiger partial charge in [0.05, 0.1) is 6.07 Å². The predicted molar refractivity (Wildman–Crippen MR) is 66.6 cm³/mol.